The highest BCUT2D eigenvalue weighted by Gasteiger charge is 2.16. The van der Waals surface area contributed by atoms with Crippen molar-refractivity contribution in [3.05, 3.63) is 35.1 Å². The van der Waals surface area contributed by atoms with Crippen molar-refractivity contribution in [2.45, 2.75) is 19.5 Å². The third-order valence-electron chi connectivity index (χ3n) is 2.17. The fourth-order valence-electron chi connectivity index (χ4n) is 1.39. The molecule has 1 aliphatic rings. The quantitative estimate of drug-likeness (QED) is 0.736. The van der Waals surface area contributed by atoms with Crippen molar-refractivity contribution in [3.63, 3.8) is 0 Å². The fourth-order valence-corrected chi connectivity index (χ4v) is 1.39. The summed E-state index contributed by atoms with van der Waals surface area (Å²) >= 11 is 0. The van der Waals surface area contributed by atoms with E-state index in [-0.39, 0.29) is 19.0 Å². The molecule has 1 aromatic carbocycles. The van der Waals surface area contributed by atoms with Crippen molar-refractivity contribution in [2.24, 2.45) is 0 Å². The Bertz CT molecular complexity index is 327. The molecule has 4 heteroatoms. The minimum absolute atomic E-state index is 0.184. The Hall–Kier alpha value is -0.970. The largest absolute Gasteiger partial charge is 0.391 e. The predicted octanol–water partition coefficient (Wildman–Crippen LogP) is 1.19. The molecule has 1 unspecified atom stereocenters. The molecule has 1 N–H and O–H groups in total. The normalized spacial score (nSPS) is 21.4. The van der Waals surface area contributed by atoms with E-state index in [1.807, 2.05) is 0 Å². The van der Waals surface area contributed by atoms with E-state index in [0.717, 1.165) is 11.1 Å². The number of ether oxygens (including phenoxy) is 2. The van der Waals surface area contributed by atoms with Crippen LogP contribution in [0.2, 0.25) is 0 Å². The van der Waals surface area contributed by atoms with E-state index in [2.05, 4.69) is 0 Å². The molecule has 1 atom stereocenters. The molecule has 0 saturated heterocycles. The molecule has 1 aromatic rings. The van der Waals surface area contributed by atoms with Gasteiger partial charge in [-0.15, -0.1) is 0 Å². The van der Waals surface area contributed by atoms with Gasteiger partial charge in [-0.2, -0.15) is 0 Å². The molecular formula is C10H11FO3. The molecule has 76 valence electrons. The highest BCUT2D eigenvalue weighted by atomic mass is 19.1. The summed E-state index contributed by atoms with van der Waals surface area (Å²) in [5.41, 5.74) is 1.68. The lowest BCUT2D eigenvalue weighted by molar-refractivity contribution is -0.168. The minimum atomic E-state index is -0.606. The van der Waals surface area contributed by atoms with Crippen molar-refractivity contribution < 1.29 is 19.0 Å². The van der Waals surface area contributed by atoms with Gasteiger partial charge in [-0.05, 0) is 23.3 Å². The van der Waals surface area contributed by atoms with Gasteiger partial charge in [0.05, 0.1) is 19.8 Å². The molecule has 2 rings (SSSR count). The van der Waals surface area contributed by atoms with Crippen LogP contribution in [-0.4, -0.2) is 18.0 Å². The average Bonchev–Trinajstić information content (AvgIpc) is 2.39. The van der Waals surface area contributed by atoms with Crippen LogP contribution in [0.1, 0.15) is 11.1 Å². The van der Waals surface area contributed by atoms with Crippen LogP contribution in [0.3, 0.4) is 0 Å². The summed E-state index contributed by atoms with van der Waals surface area (Å²) < 4.78 is 23.3. The van der Waals surface area contributed by atoms with Crippen LogP contribution in [0.25, 0.3) is 0 Å². The maximum atomic E-state index is 12.9. The molecule has 0 fully saturated rings. The highest BCUT2D eigenvalue weighted by molar-refractivity contribution is 5.27. The highest BCUT2D eigenvalue weighted by Crippen LogP contribution is 2.19. The van der Waals surface area contributed by atoms with Crippen molar-refractivity contribution >= 4 is 0 Å². The summed E-state index contributed by atoms with van der Waals surface area (Å²) in [7, 11) is 0. The molecule has 0 radical (unpaired) electrons. The molecule has 1 heterocycles. The zero-order chi connectivity index (χ0) is 9.97. The van der Waals surface area contributed by atoms with Crippen LogP contribution in [0.5, 0.6) is 0 Å². The summed E-state index contributed by atoms with van der Waals surface area (Å²) in [6.45, 7) is 0.440. The number of aliphatic hydroxyl groups excluding tert-OH is 1. The first-order chi connectivity index (χ1) is 6.79. The standard InChI is InChI=1S/C10H11FO3/c11-9-2-1-7-5-13-10(4-12)14-6-8(7)3-9/h1-3,10,12H,4-6H2. The lowest BCUT2D eigenvalue weighted by Gasteiger charge is -2.10. The zero-order valence-electron chi connectivity index (χ0n) is 7.57. The van der Waals surface area contributed by atoms with Gasteiger partial charge in [-0.1, -0.05) is 6.07 Å². The van der Waals surface area contributed by atoms with E-state index in [9.17, 15) is 4.39 Å². The van der Waals surface area contributed by atoms with E-state index in [1.165, 1.54) is 12.1 Å². The van der Waals surface area contributed by atoms with Gasteiger partial charge in [0.15, 0.2) is 6.29 Å². The van der Waals surface area contributed by atoms with Crippen molar-refractivity contribution in [1.29, 1.82) is 0 Å². The van der Waals surface area contributed by atoms with Crippen LogP contribution < -0.4 is 0 Å². The minimum Gasteiger partial charge on any atom is -0.391 e. The van der Waals surface area contributed by atoms with E-state index in [0.29, 0.717) is 6.61 Å². The Kier molecular flexibility index (Phi) is 2.77. The number of halogens is 1. The third-order valence-corrected chi connectivity index (χ3v) is 2.17. The second-order valence-corrected chi connectivity index (χ2v) is 3.15. The summed E-state index contributed by atoms with van der Waals surface area (Å²) in [6.07, 6.45) is -0.606. The van der Waals surface area contributed by atoms with Crippen molar-refractivity contribution in [2.75, 3.05) is 6.61 Å². The van der Waals surface area contributed by atoms with E-state index in [4.69, 9.17) is 14.6 Å². The second kappa shape index (κ2) is 4.04. The molecule has 0 amide bonds. The molecule has 0 aliphatic carbocycles. The first-order valence-corrected chi connectivity index (χ1v) is 4.41. The Balaban J connectivity index is 2.21. The smallest absolute Gasteiger partial charge is 0.181 e. The molecule has 3 nitrogen and oxygen atoms in total. The number of fused-ring (bicyclic) bond motifs is 1. The topological polar surface area (TPSA) is 38.7 Å². The lowest BCUT2D eigenvalue weighted by atomic mass is 10.1. The Morgan fingerprint density at radius 1 is 1.29 bits per heavy atom. The molecular weight excluding hydrogens is 187 g/mol. The van der Waals surface area contributed by atoms with Gasteiger partial charge in [0.2, 0.25) is 0 Å². The molecule has 0 saturated carbocycles. The molecule has 14 heavy (non-hydrogen) atoms. The maximum Gasteiger partial charge on any atom is 0.181 e. The van der Waals surface area contributed by atoms with Crippen LogP contribution >= 0.6 is 0 Å². The fraction of sp³-hybridized carbons (Fsp3) is 0.400. The second-order valence-electron chi connectivity index (χ2n) is 3.15. The van der Waals surface area contributed by atoms with Gasteiger partial charge in [0.25, 0.3) is 0 Å². The molecule has 0 spiro atoms. The Labute approximate surface area is 81.1 Å². The Morgan fingerprint density at radius 3 is 2.71 bits per heavy atom. The first-order valence-electron chi connectivity index (χ1n) is 4.41. The zero-order valence-corrected chi connectivity index (χ0v) is 7.57. The van der Waals surface area contributed by atoms with Crippen molar-refractivity contribution in [3.8, 4) is 0 Å². The van der Waals surface area contributed by atoms with Crippen LogP contribution in [-0.2, 0) is 22.7 Å². The number of aliphatic hydroxyl groups is 1. The van der Waals surface area contributed by atoms with Crippen molar-refractivity contribution in [1.82, 2.24) is 0 Å². The summed E-state index contributed by atoms with van der Waals surface area (Å²) in [5.74, 6) is -0.283. The van der Waals surface area contributed by atoms with Crippen LogP contribution in [0.4, 0.5) is 4.39 Å². The third kappa shape index (κ3) is 1.92. The van der Waals surface area contributed by atoms with Gasteiger partial charge in [0, 0.05) is 0 Å². The SMILES string of the molecule is OCC1OCc2ccc(F)cc2CO1. The average molecular weight is 198 g/mol. The van der Waals surface area contributed by atoms with E-state index < -0.39 is 6.29 Å². The number of hydrogen-bond acceptors (Lipinski definition) is 3. The molecule has 0 aromatic heterocycles. The molecule has 0 bridgehead atoms. The summed E-state index contributed by atoms with van der Waals surface area (Å²) in [5, 5.41) is 8.83. The summed E-state index contributed by atoms with van der Waals surface area (Å²) in [4.78, 5) is 0. The van der Waals surface area contributed by atoms with Crippen LogP contribution in [0.15, 0.2) is 18.2 Å². The van der Waals surface area contributed by atoms with Gasteiger partial charge in [-0.3, -0.25) is 0 Å². The van der Waals surface area contributed by atoms with Gasteiger partial charge in [-0.25, -0.2) is 4.39 Å². The van der Waals surface area contributed by atoms with E-state index in [1.54, 1.807) is 6.07 Å². The maximum absolute atomic E-state index is 12.9. The first kappa shape index (κ1) is 9.58. The molecule has 1 aliphatic heterocycles. The number of hydrogen-bond donors (Lipinski definition) is 1. The predicted molar refractivity (Wildman–Crippen MR) is 46.9 cm³/mol. The number of benzene rings is 1. The lowest BCUT2D eigenvalue weighted by Crippen LogP contribution is -2.18. The summed E-state index contributed by atoms with van der Waals surface area (Å²) in [6, 6.07) is 4.49. The monoisotopic (exact) mass is 198 g/mol. The van der Waals surface area contributed by atoms with Crippen LogP contribution in [0, 0.1) is 5.82 Å². The van der Waals surface area contributed by atoms with Gasteiger partial charge < -0.3 is 14.6 Å². The van der Waals surface area contributed by atoms with Gasteiger partial charge >= 0.3 is 0 Å². The van der Waals surface area contributed by atoms with E-state index >= 15 is 0 Å². The Morgan fingerprint density at radius 2 is 2.00 bits per heavy atom. The number of rotatable bonds is 1. The van der Waals surface area contributed by atoms with Gasteiger partial charge in [0.1, 0.15) is 5.82 Å².